The maximum atomic E-state index is 12.9. The number of carbonyl (C=O) groups excluding carboxylic acids is 2. The number of fused-ring (bicyclic) bond motifs is 1. The Balaban J connectivity index is 2.42. The van der Waals surface area contributed by atoms with Gasteiger partial charge in [-0.1, -0.05) is 52.3 Å². The summed E-state index contributed by atoms with van der Waals surface area (Å²) in [5, 5.41) is 2.98. The van der Waals surface area contributed by atoms with E-state index in [0.717, 1.165) is 24.1 Å². The number of anilines is 1. The van der Waals surface area contributed by atoms with Gasteiger partial charge in [0.1, 0.15) is 6.04 Å². The van der Waals surface area contributed by atoms with Gasteiger partial charge >= 0.3 is 0 Å². The molecule has 0 spiro atoms. The molecule has 1 heterocycles. The molecule has 3 N–H and O–H groups in total. The maximum Gasteiger partial charge on any atom is 0.244 e. The van der Waals surface area contributed by atoms with Crippen molar-refractivity contribution >= 4 is 17.5 Å². The lowest BCUT2D eigenvalue weighted by Gasteiger charge is -2.33. The Morgan fingerprint density at radius 2 is 1.96 bits per heavy atom. The predicted molar refractivity (Wildman–Crippen MR) is 96.9 cm³/mol. The average molecular weight is 331 g/mol. The number of rotatable bonds is 6. The summed E-state index contributed by atoms with van der Waals surface area (Å²) in [6, 6.07) is 6.56. The van der Waals surface area contributed by atoms with Crippen LogP contribution in [0.1, 0.15) is 52.5 Å². The molecule has 1 aliphatic heterocycles. The first-order valence-electron chi connectivity index (χ1n) is 8.82. The van der Waals surface area contributed by atoms with Gasteiger partial charge in [0.05, 0.1) is 6.04 Å². The third-order valence-corrected chi connectivity index (χ3v) is 4.87. The van der Waals surface area contributed by atoms with Gasteiger partial charge in [-0.2, -0.15) is 0 Å². The van der Waals surface area contributed by atoms with Crippen molar-refractivity contribution < 1.29 is 9.59 Å². The monoisotopic (exact) mass is 331 g/mol. The van der Waals surface area contributed by atoms with E-state index in [4.69, 9.17) is 5.73 Å². The zero-order valence-corrected chi connectivity index (χ0v) is 15.1. The van der Waals surface area contributed by atoms with Gasteiger partial charge in [0, 0.05) is 17.6 Å². The molecule has 0 fully saturated rings. The van der Waals surface area contributed by atoms with Crippen LogP contribution in [0.3, 0.4) is 0 Å². The van der Waals surface area contributed by atoms with Gasteiger partial charge in [-0.15, -0.1) is 0 Å². The quantitative estimate of drug-likeness (QED) is 0.786. The summed E-state index contributed by atoms with van der Waals surface area (Å²) in [7, 11) is 0. The molecule has 1 aliphatic rings. The normalized spacial score (nSPS) is 19.7. The summed E-state index contributed by atoms with van der Waals surface area (Å²) >= 11 is 0. The first-order chi connectivity index (χ1) is 11.4. The number of hydrogen-bond donors (Lipinski definition) is 2. The van der Waals surface area contributed by atoms with E-state index in [-0.39, 0.29) is 11.8 Å². The van der Waals surface area contributed by atoms with Crippen LogP contribution in [-0.2, 0) is 15.0 Å². The molecule has 0 saturated heterocycles. The van der Waals surface area contributed by atoms with Crippen molar-refractivity contribution in [1.82, 2.24) is 5.32 Å². The van der Waals surface area contributed by atoms with Gasteiger partial charge in [0.15, 0.2) is 0 Å². The topological polar surface area (TPSA) is 75.4 Å². The fourth-order valence-electron chi connectivity index (χ4n) is 3.37. The number of amides is 2. The average Bonchev–Trinajstić information content (AvgIpc) is 2.81. The zero-order valence-electron chi connectivity index (χ0n) is 15.1. The summed E-state index contributed by atoms with van der Waals surface area (Å²) in [6.45, 7) is 8.62. The van der Waals surface area contributed by atoms with E-state index in [2.05, 4.69) is 12.2 Å². The number of hydrogen-bond acceptors (Lipinski definition) is 3. The molecule has 132 valence electrons. The minimum absolute atomic E-state index is 0.110. The smallest absolute Gasteiger partial charge is 0.244 e. The van der Waals surface area contributed by atoms with Gasteiger partial charge in [-0.25, -0.2) is 0 Å². The van der Waals surface area contributed by atoms with E-state index in [0.29, 0.717) is 13.0 Å². The highest BCUT2D eigenvalue weighted by molar-refractivity contribution is 6.06. The SMILES string of the molecule is CCCCNC(=O)[C@@H]1N(C(=O)[C@@H](N)CC)c2ccccc2C1(C)C. The predicted octanol–water partition coefficient (Wildman–Crippen LogP) is 2.33. The molecule has 5 nitrogen and oxygen atoms in total. The van der Waals surface area contributed by atoms with Crippen molar-refractivity contribution in [2.24, 2.45) is 5.73 Å². The number of nitrogens with zero attached hydrogens (tertiary/aromatic N) is 1. The molecule has 0 aromatic heterocycles. The molecule has 0 aliphatic carbocycles. The summed E-state index contributed by atoms with van der Waals surface area (Å²) < 4.78 is 0. The van der Waals surface area contributed by atoms with Crippen LogP contribution in [0.15, 0.2) is 24.3 Å². The maximum absolute atomic E-state index is 12.9. The van der Waals surface area contributed by atoms with Crippen molar-refractivity contribution in [2.45, 2.75) is 64.5 Å². The van der Waals surface area contributed by atoms with Crippen molar-refractivity contribution in [3.05, 3.63) is 29.8 Å². The Kier molecular flexibility index (Phi) is 5.65. The minimum atomic E-state index is -0.599. The second-order valence-electron chi connectivity index (χ2n) is 7.01. The van der Waals surface area contributed by atoms with E-state index in [1.807, 2.05) is 45.0 Å². The lowest BCUT2D eigenvalue weighted by atomic mass is 9.80. The number of carbonyl (C=O) groups is 2. The summed E-state index contributed by atoms with van der Waals surface area (Å²) in [6.07, 6.45) is 2.48. The Bertz CT molecular complexity index is 612. The largest absolute Gasteiger partial charge is 0.354 e. The fourth-order valence-corrected chi connectivity index (χ4v) is 3.37. The van der Waals surface area contributed by atoms with Gasteiger partial charge in [0.2, 0.25) is 11.8 Å². The molecular weight excluding hydrogens is 302 g/mol. The summed E-state index contributed by atoms with van der Waals surface area (Å²) in [4.78, 5) is 27.4. The van der Waals surface area contributed by atoms with Crippen molar-refractivity contribution in [3.63, 3.8) is 0 Å². The molecule has 2 rings (SSSR count). The highest BCUT2D eigenvalue weighted by Gasteiger charge is 2.51. The summed E-state index contributed by atoms with van der Waals surface area (Å²) in [5.74, 6) is -0.299. The van der Waals surface area contributed by atoms with Gasteiger partial charge in [-0.05, 0) is 24.5 Å². The molecular formula is C19H29N3O2. The first-order valence-corrected chi connectivity index (χ1v) is 8.82. The Hall–Kier alpha value is -1.88. The van der Waals surface area contributed by atoms with Gasteiger partial charge in [-0.3, -0.25) is 14.5 Å². The van der Waals surface area contributed by atoms with Crippen LogP contribution in [0.2, 0.25) is 0 Å². The molecule has 0 unspecified atom stereocenters. The van der Waals surface area contributed by atoms with Crippen LogP contribution in [0.4, 0.5) is 5.69 Å². The standard InChI is InChI=1S/C19H29N3O2/c1-5-7-12-21-17(23)16-19(3,4)13-10-8-9-11-15(13)22(16)18(24)14(20)6-2/h8-11,14,16H,5-7,12,20H2,1-4H3,(H,21,23)/t14-,16-/m0/s1. The van der Waals surface area contributed by atoms with Crippen LogP contribution < -0.4 is 16.0 Å². The number of para-hydroxylation sites is 1. The van der Waals surface area contributed by atoms with Crippen LogP contribution in [0.25, 0.3) is 0 Å². The number of nitrogens with two attached hydrogens (primary N) is 1. The zero-order chi connectivity index (χ0) is 17.9. The third kappa shape index (κ3) is 3.18. The second kappa shape index (κ2) is 7.34. The number of unbranched alkanes of at least 4 members (excludes halogenated alkanes) is 1. The van der Waals surface area contributed by atoms with Crippen molar-refractivity contribution in [3.8, 4) is 0 Å². The van der Waals surface area contributed by atoms with Crippen molar-refractivity contribution in [1.29, 1.82) is 0 Å². The molecule has 1 aromatic rings. The van der Waals surface area contributed by atoms with E-state index in [1.165, 1.54) is 0 Å². The lowest BCUT2D eigenvalue weighted by Crippen LogP contribution is -2.57. The number of nitrogens with one attached hydrogen (secondary N) is 1. The lowest BCUT2D eigenvalue weighted by molar-refractivity contribution is -0.127. The molecule has 2 atom stereocenters. The second-order valence-corrected chi connectivity index (χ2v) is 7.01. The number of benzene rings is 1. The van der Waals surface area contributed by atoms with E-state index in [1.54, 1.807) is 4.90 Å². The molecule has 2 amide bonds. The van der Waals surface area contributed by atoms with Gasteiger partial charge in [0.25, 0.3) is 0 Å². The van der Waals surface area contributed by atoms with Crippen LogP contribution >= 0.6 is 0 Å². The highest BCUT2D eigenvalue weighted by Crippen LogP contribution is 2.45. The van der Waals surface area contributed by atoms with E-state index < -0.39 is 17.5 Å². The molecule has 24 heavy (non-hydrogen) atoms. The first kappa shape index (κ1) is 18.5. The van der Waals surface area contributed by atoms with Gasteiger partial charge < -0.3 is 11.1 Å². The molecule has 5 heteroatoms. The minimum Gasteiger partial charge on any atom is -0.354 e. The molecule has 0 saturated carbocycles. The fraction of sp³-hybridized carbons (Fsp3) is 0.579. The summed E-state index contributed by atoms with van der Waals surface area (Å²) in [5.41, 5.74) is 7.35. The molecule has 0 radical (unpaired) electrons. The molecule has 0 bridgehead atoms. The van der Waals surface area contributed by atoms with Crippen LogP contribution in [0.5, 0.6) is 0 Å². The molecule has 1 aromatic carbocycles. The van der Waals surface area contributed by atoms with Crippen LogP contribution in [0, 0.1) is 0 Å². The Morgan fingerprint density at radius 1 is 1.29 bits per heavy atom. The highest BCUT2D eigenvalue weighted by atomic mass is 16.2. The van der Waals surface area contributed by atoms with Crippen molar-refractivity contribution in [2.75, 3.05) is 11.4 Å². The Labute approximate surface area is 144 Å². The van der Waals surface area contributed by atoms with Crippen LogP contribution in [-0.4, -0.2) is 30.4 Å². The Morgan fingerprint density at radius 3 is 2.58 bits per heavy atom. The van der Waals surface area contributed by atoms with E-state index in [9.17, 15) is 9.59 Å². The van der Waals surface area contributed by atoms with E-state index >= 15 is 0 Å². The third-order valence-electron chi connectivity index (χ3n) is 4.87.